The van der Waals surface area contributed by atoms with Crippen LogP contribution in [-0.2, 0) is 4.79 Å². The fourth-order valence-electron chi connectivity index (χ4n) is 1.36. The summed E-state index contributed by atoms with van der Waals surface area (Å²) in [6, 6.07) is 4.29. The van der Waals surface area contributed by atoms with Crippen LogP contribution in [0, 0.1) is 0 Å². The van der Waals surface area contributed by atoms with Gasteiger partial charge in [0.25, 0.3) is 0 Å². The normalized spacial score (nSPS) is 10.0. The number of halogens is 1. The van der Waals surface area contributed by atoms with E-state index in [-0.39, 0.29) is 17.2 Å². The van der Waals surface area contributed by atoms with Crippen molar-refractivity contribution in [2.75, 3.05) is 5.32 Å². The molecule has 0 radical (unpaired) electrons. The van der Waals surface area contributed by atoms with Gasteiger partial charge in [-0.05, 0) is 24.6 Å². The zero-order valence-corrected chi connectivity index (χ0v) is 10.3. The summed E-state index contributed by atoms with van der Waals surface area (Å²) in [5.41, 5.74) is 0.283. The summed E-state index contributed by atoms with van der Waals surface area (Å²) >= 11 is 5.77. The molecule has 2 N–H and O–H groups in total. The van der Waals surface area contributed by atoms with E-state index in [4.69, 9.17) is 16.7 Å². The fraction of sp³-hybridized carbons (Fsp3) is 0.333. The zero-order chi connectivity index (χ0) is 12.8. The lowest BCUT2D eigenvalue weighted by Gasteiger charge is -2.08. The van der Waals surface area contributed by atoms with E-state index in [1.807, 2.05) is 6.92 Å². The maximum absolute atomic E-state index is 11.5. The number of carbonyl (C=O) groups is 2. The number of hydrogen-bond donors (Lipinski definition) is 2. The van der Waals surface area contributed by atoms with Crippen LogP contribution in [0.15, 0.2) is 18.2 Å². The van der Waals surface area contributed by atoms with Crippen LogP contribution in [0.5, 0.6) is 0 Å². The molecule has 0 fully saturated rings. The highest BCUT2D eigenvalue weighted by molar-refractivity contribution is 6.31. The van der Waals surface area contributed by atoms with Gasteiger partial charge in [-0.2, -0.15) is 0 Å². The largest absolute Gasteiger partial charge is 0.478 e. The van der Waals surface area contributed by atoms with Gasteiger partial charge in [-0.3, -0.25) is 4.79 Å². The number of hydrogen-bond acceptors (Lipinski definition) is 2. The van der Waals surface area contributed by atoms with E-state index in [0.29, 0.717) is 11.4 Å². The van der Waals surface area contributed by atoms with Crippen molar-refractivity contribution in [3.63, 3.8) is 0 Å². The molecular formula is C12H14ClNO3. The van der Waals surface area contributed by atoms with Gasteiger partial charge in [-0.15, -0.1) is 0 Å². The molecule has 92 valence electrons. The standard InChI is InChI=1S/C12H14ClNO3/c1-2-3-4-11(15)14-10-7-8(13)5-6-9(10)12(16)17/h5-7H,2-4H2,1H3,(H,14,15)(H,16,17). The number of unbranched alkanes of at least 4 members (excludes halogenated alkanes) is 1. The van der Waals surface area contributed by atoms with Gasteiger partial charge in [0.1, 0.15) is 0 Å². The number of benzene rings is 1. The number of carbonyl (C=O) groups excluding carboxylic acids is 1. The molecule has 5 heteroatoms. The second-order valence-electron chi connectivity index (χ2n) is 3.65. The molecule has 1 aromatic rings. The lowest BCUT2D eigenvalue weighted by atomic mass is 10.1. The minimum absolute atomic E-state index is 0.0410. The molecule has 0 saturated carbocycles. The molecule has 0 aliphatic heterocycles. The number of amides is 1. The first-order valence-electron chi connectivity index (χ1n) is 5.37. The molecular weight excluding hydrogens is 242 g/mol. The molecule has 4 nitrogen and oxygen atoms in total. The highest BCUT2D eigenvalue weighted by Gasteiger charge is 2.12. The number of nitrogens with one attached hydrogen (secondary N) is 1. The van der Waals surface area contributed by atoms with Crippen molar-refractivity contribution in [2.24, 2.45) is 0 Å². The Morgan fingerprint density at radius 2 is 2.12 bits per heavy atom. The van der Waals surface area contributed by atoms with Crippen molar-refractivity contribution < 1.29 is 14.7 Å². The highest BCUT2D eigenvalue weighted by Crippen LogP contribution is 2.21. The molecule has 0 unspecified atom stereocenters. The predicted octanol–water partition coefficient (Wildman–Crippen LogP) is 3.17. The number of rotatable bonds is 5. The van der Waals surface area contributed by atoms with Gasteiger partial charge in [0.05, 0.1) is 11.3 Å². The summed E-state index contributed by atoms with van der Waals surface area (Å²) in [6.45, 7) is 1.98. The number of carboxylic acids is 1. The van der Waals surface area contributed by atoms with Crippen LogP contribution in [-0.4, -0.2) is 17.0 Å². The maximum atomic E-state index is 11.5. The third kappa shape index (κ3) is 4.07. The predicted molar refractivity (Wildman–Crippen MR) is 66.6 cm³/mol. The molecule has 0 saturated heterocycles. The molecule has 1 aromatic carbocycles. The lowest BCUT2D eigenvalue weighted by molar-refractivity contribution is -0.116. The molecule has 1 amide bonds. The third-order valence-corrected chi connectivity index (χ3v) is 2.48. The summed E-state index contributed by atoms with van der Waals surface area (Å²) < 4.78 is 0. The van der Waals surface area contributed by atoms with Gasteiger partial charge in [-0.1, -0.05) is 24.9 Å². The number of carboxylic acid groups (broad SMARTS) is 1. The van der Waals surface area contributed by atoms with Gasteiger partial charge in [0, 0.05) is 11.4 Å². The van der Waals surface area contributed by atoms with Crippen LogP contribution in [0.4, 0.5) is 5.69 Å². The van der Waals surface area contributed by atoms with E-state index in [0.717, 1.165) is 12.8 Å². The van der Waals surface area contributed by atoms with Crippen molar-refractivity contribution >= 4 is 29.2 Å². The Morgan fingerprint density at radius 3 is 2.71 bits per heavy atom. The zero-order valence-electron chi connectivity index (χ0n) is 9.50. The van der Waals surface area contributed by atoms with E-state index >= 15 is 0 Å². The average Bonchev–Trinajstić information content (AvgIpc) is 2.26. The third-order valence-electron chi connectivity index (χ3n) is 2.24. The quantitative estimate of drug-likeness (QED) is 0.849. The average molecular weight is 256 g/mol. The van der Waals surface area contributed by atoms with Crippen molar-refractivity contribution in [3.05, 3.63) is 28.8 Å². The summed E-state index contributed by atoms with van der Waals surface area (Å²) in [6.07, 6.45) is 2.06. The molecule has 0 aromatic heterocycles. The van der Waals surface area contributed by atoms with Crippen LogP contribution in [0.1, 0.15) is 36.5 Å². The fourth-order valence-corrected chi connectivity index (χ4v) is 1.53. The summed E-state index contributed by atoms with van der Waals surface area (Å²) in [4.78, 5) is 22.4. The maximum Gasteiger partial charge on any atom is 0.337 e. The smallest absolute Gasteiger partial charge is 0.337 e. The second kappa shape index (κ2) is 6.25. The van der Waals surface area contributed by atoms with E-state index in [1.165, 1.54) is 18.2 Å². The Labute approximate surface area is 105 Å². The van der Waals surface area contributed by atoms with Crippen LogP contribution < -0.4 is 5.32 Å². The Kier molecular flexibility index (Phi) is 4.97. The minimum Gasteiger partial charge on any atom is -0.478 e. The van der Waals surface area contributed by atoms with Gasteiger partial charge in [0.15, 0.2) is 0 Å². The lowest BCUT2D eigenvalue weighted by Crippen LogP contribution is -2.14. The Hall–Kier alpha value is -1.55. The first kappa shape index (κ1) is 13.5. The Morgan fingerprint density at radius 1 is 1.41 bits per heavy atom. The molecule has 17 heavy (non-hydrogen) atoms. The minimum atomic E-state index is -1.09. The SMILES string of the molecule is CCCCC(=O)Nc1cc(Cl)ccc1C(=O)O. The first-order chi connectivity index (χ1) is 8.04. The number of aromatic carboxylic acids is 1. The second-order valence-corrected chi connectivity index (χ2v) is 4.08. The summed E-state index contributed by atoms with van der Waals surface area (Å²) in [5, 5.41) is 11.9. The Balaban J connectivity index is 2.85. The molecule has 0 spiro atoms. The molecule has 0 atom stereocenters. The number of anilines is 1. The summed E-state index contributed by atoms with van der Waals surface area (Å²) in [5.74, 6) is -1.29. The topological polar surface area (TPSA) is 66.4 Å². The van der Waals surface area contributed by atoms with Crippen LogP contribution in [0.25, 0.3) is 0 Å². The molecule has 1 rings (SSSR count). The van der Waals surface area contributed by atoms with Crippen LogP contribution in [0.2, 0.25) is 5.02 Å². The van der Waals surface area contributed by atoms with Crippen molar-refractivity contribution in [1.29, 1.82) is 0 Å². The van der Waals surface area contributed by atoms with Crippen LogP contribution >= 0.6 is 11.6 Å². The van der Waals surface area contributed by atoms with Gasteiger partial charge in [0.2, 0.25) is 5.91 Å². The van der Waals surface area contributed by atoms with E-state index in [9.17, 15) is 9.59 Å². The molecule has 0 aliphatic rings. The molecule has 0 heterocycles. The highest BCUT2D eigenvalue weighted by atomic mass is 35.5. The Bertz CT molecular complexity index is 432. The van der Waals surface area contributed by atoms with E-state index < -0.39 is 5.97 Å². The van der Waals surface area contributed by atoms with Crippen LogP contribution in [0.3, 0.4) is 0 Å². The monoisotopic (exact) mass is 255 g/mol. The van der Waals surface area contributed by atoms with Crippen molar-refractivity contribution in [3.8, 4) is 0 Å². The van der Waals surface area contributed by atoms with Gasteiger partial charge >= 0.3 is 5.97 Å². The van der Waals surface area contributed by atoms with E-state index in [2.05, 4.69) is 5.32 Å². The molecule has 0 aliphatic carbocycles. The summed E-state index contributed by atoms with van der Waals surface area (Å²) in [7, 11) is 0. The van der Waals surface area contributed by atoms with E-state index in [1.54, 1.807) is 0 Å². The van der Waals surface area contributed by atoms with Gasteiger partial charge < -0.3 is 10.4 Å². The first-order valence-corrected chi connectivity index (χ1v) is 5.75. The van der Waals surface area contributed by atoms with Gasteiger partial charge in [-0.25, -0.2) is 4.79 Å². The van der Waals surface area contributed by atoms with Crippen molar-refractivity contribution in [1.82, 2.24) is 0 Å². The van der Waals surface area contributed by atoms with Crippen molar-refractivity contribution in [2.45, 2.75) is 26.2 Å². The molecule has 0 bridgehead atoms.